The van der Waals surface area contributed by atoms with Crippen LogP contribution in [-0.4, -0.2) is 15.6 Å². The molecule has 0 fully saturated rings. The molecule has 1 heterocycles. The van der Waals surface area contributed by atoms with Crippen molar-refractivity contribution in [2.75, 3.05) is 0 Å². The minimum Gasteiger partial charge on any atom is -0.300 e. The number of aromatic nitrogens is 2. The second-order valence-corrected chi connectivity index (χ2v) is 4.03. The van der Waals surface area contributed by atoms with Crippen molar-refractivity contribution in [3.63, 3.8) is 0 Å². The smallest absolute Gasteiger partial charge is 0.284 e. The minimum atomic E-state index is -0.376. The molecule has 1 rings (SSSR count). The minimum absolute atomic E-state index is 0.0855. The van der Waals surface area contributed by atoms with Crippen molar-refractivity contribution < 1.29 is 4.79 Å². The van der Waals surface area contributed by atoms with Gasteiger partial charge in [0.15, 0.2) is 0 Å². The Kier molecular flexibility index (Phi) is 4.16. The van der Waals surface area contributed by atoms with E-state index in [1.165, 1.54) is 11.6 Å². The summed E-state index contributed by atoms with van der Waals surface area (Å²) < 4.78 is 1.27. The summed E-state index contributed by atoms with van der Waals surface area (Å²) in [5.41, 5.74) is 1.06. The van der Waals surface area contributed by atoms with Crippen molar-refractivity contribution in [2.24, 2.45) is 0 Å². The van der Waals surface area contributed by atoms with E-state index in [1.807, 2.05) is 6.07 Å². The van der Waals surface area contributed by atoms with Gasteiger partial charge in [-0.25, -0.2) is 4.68 Å². The van der Waals surface area contributed by atoms with Gasteiger partial charge in [0.2, 0.25) is 0 Å². The number of carbonyl (C=O) groups excluding carboxylic acids is 1. The van der Waals surface area contributed by atoms with Crippen LogP contribution in [0.1, 0.15) is 36.6 Å². The van der Waals surface area contributed by atoms with E-state index in [2.05, 4.69) is 5.10 Å². The van der Waals surface area contributed by atoms with Gasteiger partial charge in [0.05, 0.1) is 5.69 Å². The molecule has 1 aromatic heterocycles. The number of hydrogen-bond donors (Lipinski definition) is 0. The fraction of sp³-hybridized carbons (Fsp3) is 0.500. The molecule has 0 atom stereocenters. The van der Waals surface area contributed by atoms with Crippen molar-refractivity contribution in [2.45, 2.75) is 40.2 Å². The number of nitriles is 1. The number of hydrogen-bond acceptors (Lipinski definition) is 4. The summed E-state index contributed by atoms with van der Waals surface area (Å²) in [7, 11) is 0. The summed E-state index contributed by atoms with van der Waals surface area (Å²) >= 11 is 0. The zero-order valence-electron chi connectivity index (χ0n) is 10.3. The number of nitrogens with zero attached hydrogens (tertiary/aromatic N) is 3. The molecule has 0 spiro atoms. The van der Waals surface area contributed by atoms with E-state index in [-0.39, 0.29) is 16.9 Å². The Hall–Kier alpha value is -1.96. The molecule has 0 N–H and O–H groups in total. The Labute approximate surface area is 99.7 Å². The summed E-state index contributed by atoms with van der Waals surface area (Å²) in [5.74, 6) is 0.0855. The number of aryl methyl sites for hydroxylation is 2. The van der Waals surface area contributed by atoms with Crippen LogP contribution < -0.4 is 5.56 Å². The Balaban J connectivity index is 3.02. The molecule has 17 heavy (non-hydrogen) atoms. The third-order valence-corrected chi connectivity index (χ3v) is 2.65. The lowest BCUT2D eigenvalue weighted by molar-refractivity contribution is -0.117. The summed E-state index contributed by atoms with van der Waals surface area (Å²) in [6.45, 7) is 5.35. The van der Waals surface area contributed by atoms with Crippen LogP contribution in [0.25, 0.3) is 0 Å². The zero-order valence-corrected chi connectivity index (χ0v) is 10.3. The predicted octanol–water partition coefficient (Wildman–Crippen LogP) is 1.10. The molecule has 1 aromatic rings. The first-order chi connectivity index (χ1) is 7.97. The maximum atomic E-state index is 11.8. The highest BCUT2D eigenvalue weighted by atomic mass is 16.1. The van der Waals surface area contributed by atoms with Gasteiger partial charge in [-0.05, 0) is 32.8 Å². The zero-order chi connectivity index (χ0) is 13.0. The maximum absolute atomic E-state index is 11.8. The molecular weight excluding hydrogens is 218 g/mol. The van der Waals surface area contributed by atoms with Crippen molar-refractivity contribution in [1.82, 2.24) is 9.78 Å². The van der Waals surface area contributed by atoms with Crippen LogP contribution in [0.2, 0.25) is 0 Å². The normalized spacial score (nSPS) is 10.0. The highest BCUT2D eigenvalue weighted by molar-refractivity contribution is 5.75. The molecule has 0 saturated carbocycles. The van der Waals surface area contributed by atoms with Gasteiger partial charge in [-0.1, -0.05) is 0 Å². The first-order valence-electron chi connectivity index (χ1n) is 5.45. The third kappa shape index (κ3) is 3.00. The monoisotopic (exact) mass is 233 g/mol. The van der Waals surface area contributed by atoms with Crippen molar-refractivity contribution in [3.8, 4) is 6.07 Å². The Morgan fingerprint density at radius 3 is 2.65 bits per heavy atom. The molecule has 0 amide bonds. The van der Waals surface area contributed by atoms with Crippen LogP contribution in [0, 0.1) is 25.2 Å². The van der Waals surface area contributed by atoms with E-state index in [1.54, 1.807) is 13.8 Å². The van der Waals surface area contributed by atoms with Gasteiger partial charge in [-0.2, -0.15) is 10.4 Å². The lowest BCUT2D eigenvalue weighted by Crippen LogP contribution is -2.27. The average Bonchev–Trinajstić information content (AvgIpc) is 2.26. The van der Waals surface area contributed by atoms with Gasteiger partial charge in [-0.3, -0.25) is 4.79 Å². The Bertz CT molecular complexity index is 538. The molecule has 0 saturated heterocycles. The van der Waals surface area contributed by atoms with Gasteiger partial charge >= 0.3 is 0 Å². The summed E-state index contributed by atoms with van der Waals surface area (Å²) in [6.07, 6.45) is 0.985. The quantitative estimate of drug-likeness (QED) is 0.780. The van der Waals surface area contributed by atoms with E-state index in [0.29, 0.717) is 30.6 Å². The second-order valence-electron chi connectivity index (χ2n) is 4.03. The van der Waals surface area contributed by atoms with Crippen LogP contribution in [0.5, 0.6) is 0 Å². The van der Waals surface area contributed by atoms with E-state index < -0.39 is 0 Å². The van der Waals surface area contributed by atoms with Crippen molar-refractivity contribution in [1.29, 1.82) is 5.26 Å². The van der Waals surface area contributed by atoms with E-state index >= 15 is 0 Å². The number of Topliss-reactive ketones (excluding diaryl/α,β-unsaturated/α-hetero) is 1. The van der Waals surface area contributed by atoms with Crippen LogP contribution in [0.3, 0.4) is 0 Å². The third-order valence-electron chi connectivity index (χ3n) is 2.65. The molecule has 5 heteroatoms. The maximum Gasteiger partial charge on any atom is 0.284 e. The number of ketones is 1. The molecule has 0 aromatic carbocycles. The molecule has 90 valence electrons. The standard InChI is InChI=1S/C12H15N3O2/c1-8(16)5-4-6-15-12(17)11(7-13)9(2)10(3)14-15/h4-6H2,1-3H3. The molecular formula is C12H15N3O2. The van der Waals surface area contributed by atoms with Crippen LogP contribution in [-0.2, 0) is 11.3 Å². The lowest BCUT2D eigenvalue weighted by Gasteiger charge is -2.08. The molecule has 0 aliphatic rings. The number of carbonyl (C=O) groups is 1. The molecule has 0 aliphatic heterocycles. The second kappa shape index (κ2) is 5.39. The summed E-state index contributed by atoms with van der Waals surface area (Å²) in [6, 6.07) is 1.90. The molecule has 0 radical (unpaired) electrons. The van der Waals surface area contributed by atoms with Crippen LogP contribution in [0.15, 0.2) is 4.79 Å². The highest BCUT2D eigenvalue weighted by Gasteiger charge is 2.11. The molecule has 0 bridgehead atoms. The predicted molar refractivity (Wildman–Crippen MR) is 62.6 cm³/mol. The van der Waals surface area contributed by atoms with E-state index in [9.17, 15) is 9.59 Å². The van der Waals surface area contributed by atoms with Gasteiger partial charge in [0.1, 0.15) is 17.4 Å². The first-order valence-corrected chi connectivity index (χ1v) is 5.45. The van der Waals surface area contributed by atoms with Crippen molar-refractivity contribution >= 4 is 5.78 Å². The largest absolute Gasteiger partial charge is 0.300 e. The SMILES string of the molecule is CC(=O)CCCn1nc(C)c(C)c(C#N)c1=O. The average molecular weight is 233 g/mol. The lowest BCUT2D eigenvalue weighted by atomic mass is 10.1. The Morgan fingerprint density at radius 1 is 1.47 bits per heavy atom. The first kappa shape index (κ1) is 13.1. The molecule has 0 aliphatic carbocycles. The highest BCUT2D eigenvalue weighted by Crippen LogP contribution is 2.05. The van der Waals surface area contributed by atoms with Crippen LogP contribution in [0.4, 0.5) is 0 Å². The fourth-order valence-electron chi connectivity index (χ4n) is 1.53. The molecule has 5 nitrogen and oxygen atoms in total. The van der Waals surface area contributed by atoms with Gasteiger partial charge in [0.25, 0.3) is 5.56 Å². The van der Waals surface area contributed by atoms with Gasteiger partial charge in [0, 0.05) is 13.0 Å². The van der Waals surface area contributed by atoms with Gasteiger partial charge < -0.3 is 4.79 Å². The summed E-state index contributed by atoms with van der Waals surface area (Å²) in [5, 5.41) is 13.0. The topological polar surface area (TPSA) is 75.8 Å². The Morgan fingerprint density at radius 2 is 2.12 bits per heavy atom. The van der Waals surface area contributed by atoms with E-state index in [4.69, 9.17) is 5.26 Å². The van der Waals surface area contributed by atoms with Gasteiger partial charge in [-0.15, -0.1) is 0 Å². The summed E-state index contributed by atoms with van der Waals surface area (Å²) in [4.78, 5) is 22.6. The fourth-order valence-corrected chi connectivity index (χ4v) is 1.53. The number of rotatable bonds is 4. The van der Waals surface area contributed by atoms with E-state index in [0.717, 1.165) is 0 Å². The van der Waals surface area contributed by atoms with Crippen molar-refractivity contribution in [3.05, 3.63) is 27.2 Å². The molecule has 0 unspecified atom stereocenters. The van der Waals surface area contributed by atoms with Crippen LogP contribution >= 0.6 is 0 Å².